The Morgan fingerprint density at radius 2 is 1.70 bits per heavy atom. The van der Waals surface area contributed by atoms with E-state index in [0.29, 0.717) is 0 Å². The van der Waals surface area contributed by atoms with Gasteiger partial charge in [0, 0.05) is 16.3 Å². The first-order valence-corrected chi connectivity index (χ1v) is 7.58. The number of rotatable bonds is 1. The Balaban J connectivity index is 2.01. The van der Waals surface area contributed by atoms with Crippen LogP contribution in [0, 0.1) is 0 Å². The van der Waals surface area contributed by atoms with Crippen LogP contribution in [-0.2, 0) is 0 Å². The van der Waals surface area contributed by atoms with E-state index in [2.05, 4.69) is 58.4 Å². The maximum absolute atomic E-state index is 6.09. The van der Waals surface area contributed by atoms with Crippen LogP contribution in [0.25, 0.3) is 27.5 Å². The van der Waals surface area contributed by atoms with E-state index >= 15 is 0 Å². The largest absolute Gasteiger partial charge is 0.455 e. The number of allylic oxidation sites excluding steroid dienone is 4. The van der Waals surface area contributed by atoms with Crippen LogP contribution in [0.5, 0.6) is 0 Å². The average molecular weight is 325 g/mol. The van der Waals surface area contributed by atoms with E-state index in [1.165, 1.54) is 26.4 Å². The Labute approximate surface area is 125 Å². The third kappa shape index (κ3) is 1.83. The molecule has 0 radical (unpaired) electrons. The van der Waals surface area contributed by atoms with E-state index in [9.17, 15) is 0 Å². The van der Waals surface area contributed by atoms with Gasteiger partial charge in [-0.05, 0) is 29.0 Å². The standard InChI is InChI=1S/C18H13BrO/c19-13-10-8-12(9-11-13)14-5-3-6-16-15-4-1-2-7-17(15)20-18(14)16/h1-8,10H,9,11H2. The molecule has 1 aliphatic carbocycles. The zero-order valence-corrected chi connectivity index (χ0v) is 12.5. The highest BCUT2D eigenvalue weighted by Gasteiger charge is 2.14. The van der Waals surface area contributed by atoms with Gasteiger partial charge in [-0.15, -0.1) is 0 Å². The molecule has 20 heavy (non-hydrogen) atoms. The molecule has 2 aromatic carbocycles. The second-order valence-corrected chi connectivity index (χ2v) is 6.10. The van der Waals surface area contributed by atoms with Crippen molar-refractivity contribution in [3.8, 4) is 0 Å². The number of hydrogen-bond acceptors (Lipinski definition) is 1. The predicted molar refractivity (Wildman–Crippen MR) is 87.9 cm³/mol. The molecular weight excluding hydrogens is 312 g/mol. The van der Waals surface area contributed by atoms with Crippen LogP contribution in [0.3, 0.4) is 0 Å². The van der Waals surface area contributed by atoms with Crippen molar-refractivity contribution < 1.29 is 4.42 Å². The van der Waals surface area contributed by atoms with E-state index in [1.54, 1.807) is 0 Å². The Morgan fingerprint density at radius 1 is 0.850 bits per heavy atom. The van der Waals surface area contributed by atoms with Gasteiger partial charge in [0.05, 0.1) is 0 Å². The SMILES string of the molecule is BrC1=CC=C(c2cccc3c2oc2ccccc23)CC1. The molecule has 0 spiro atoms. The molecule has 0 atom stereocenters. The Hall–Kier alpha value is -1.80. The van der Waals surface area contributed by atoms with E-state index < -0.39 is 0 Å². The summed E-state index contributed by atoms with van der Waals surface area (Å²) in [6.45, 7) is 0. The molecule has 1 aliphatic rings. The minimum atomic E-state index is 0.961. The lowest BCUT2D eigenvalue weighted by molar-refractivity contribution is 0.667. The molecule has 1 heterocycles. The third-order valence-corrected chi connectivity index (χ3v) is 4.51. The lowest BCUT2D eigenvalue weighted by Crippen LogP contribution is -1.90. The van der Waals surface area contributed by atoms with Gasteiger partial charge < -0.3 is 4.42 Å². The number of furan rings is 1. The fourth-order valence-corrected chi connectivity index (χ4v) is 3.17. The third-order valence-electron chi connectivity index (χ3n) is 3.85. The summed E-state index contributed by atoms with van der Waals surface area (Å²) in [5, 5.41) is 2.39. The first-order valence-electron chi connectivity index (χ1n) is 6.79. The highest BCUT2D eigenvalue weighted by atomic mass is 79.9. The van der Waals surface area contributed by atoms with Gasteiger partial charge in [-0.3, -0.25) is 0 Å². The van der Waals surface area contributed by atoms with Gasteiger partial charge >= 0.3 is 0 Å². The van der Waals surface area contributed by atoms with E-state index in [4.69, 9.17) is 4.42 Å². The van der Waals surface area contributed by atoms with E-state index in [1.807, 2.05) is 12.1 Å². The molecule has 1 nitrogen and oxygen atoms in total. The Kier molecular flexibility index (Phi) is 2.78. The molecule has 1 aromatic heterocycles. The van der Waals surface area contributed by atoms with Crippen LogP contribution in [0.15, 0.2) is 63.5 Å². The van der Waals surface area contributed by atoms with Crippen LogP contribution >= 0.6 is 15.9 Å². The van der Waals surface area contributed by atoms with Gasteiger partial charge in [-0.1, -0.05) is 64.5 Å². The summed E-state index contributed by atoms with van der Waals surface area (Å²) in [4.78, 5) is 0. The monoisotopic (exact) mass is 324 g/mol. The number of benzene rings is 2. The molecule has 0 bridgehead atoms. The Bertz CT molecular complexity index is 867. The van der Waals surface area contributed by atoms with Crippen molar-refractivity contribution in [3.05, 3.63) is 64.7 Å². The fraction of sp³-hybridized carbons (Fsp3) is 0.111. The van der Waals surface area contributed by atoms with Crippen molar-refractivity contribution in [1.82, 2.24) is 0 Å². The second kappa shape index (κ2) is 4.64. The van der Waals surface area contributed by atoms with Gasteiger partial charge in [-0.2, -0.15) is 0 Å². The molecule has 0 unspecified atom stereocenters. The molecule has 0 saturated carbocycles. The molecule has 0 fully saturated rings. The van der Waals surface area contributed by atoms with E-state index in [-0.39, 0.29) is 0 Å². The Morgan fingerprint density at radius 3 is 2.55 bits per heavy atom. The highest BCUT2D eigenvalue weighted by molar-refractivity contribution is 9.11. The van der Waals surface area contributed by atoms with Crippen LogP contribution in [-0.4, -0.2) is 0 Å². The minimum Gasteiger partial charge on any atom is -0.455 e. The zero-order valence-electron chi connectivity index (χ0n) is 10.9. The summed E-state index contributed by atoms with van der Waals surface area (Å²) in [7, 11) is 0. The molecular formula is C18H13BrO. The molecule has 0 amide bonds. The topological polar surface area (TPSA) is 13.1 Å². The summed E-state index contributed by atoms with van der Waals surface area (Å²) in [5.41, 5.74) is 4.53. The normalized spacial score (nSPS) is 15.4. The summed E-state index contributed by atoms with van der Waals surface area (Å²) >= 11 is 3.56. The van der Waals surface area contributed by atoms with Crippen LogP contribution in [0.1, 0.15) is 18.4 Å². The van der Waals surface area contributed by atoms with Crippen LogP contribution in [0.2, 0.25) is 0 Å². The van der Waals surface area contributed by atoms with Gasteiger partial charge in [0.2, 0.25) is 0 Å². The minimum absolute atomic E-state index is 0.961. The first kappa shape index (κ1) is 12.0. The van der Waals surface area contributed by atoms with Crippen LogP contribution < -0.4 is 0 Å². The highest BCUT2D eigenvalue weighted by Crippen LogP contribution is 2.37. The quantitative estimate of drug-likeness (QED) is 0.531. The van der Waals surface area contributed by atoms with Crippen LogP contribution in [0.4, 0.5) is 0 Å². The molecule has 98 valence electrons. The summed E-state index contributed by atoms with van der Waals surface area (Å²) < 4.78 is 7.35. The van der Waals surface area contributed by atoms with Crippen molar-refractivity contribution in [2.75, 3.05) is 0 Å². The summed E-state index contributed by atoms with van der Waals surface area (Å²) in [6, 6.07) is 14.6. The number of para-hydroxylation sites is 2. The average Bonchev–Trinajstić information content (AvgIpc) is 2.87. The molecule has 2 heteroatoms. The van der Waals surface area contributed by atoms with Gasteiger partial charge in [-0.25, -0.2) is 0 Å². The predicted octanol–water partition coefficient (Wildman–Crippen LogP) is 6.04. The van der Waals surface area contributed by atoms with Crippen molar-refractivity contribution in [3.63, 3.8) is 0 Å². The maximum Gasteiger partial charge on any atom is 0.142 e. The van der Waals surface area contributed by atoms with Gasteiger partial charge in [0.25, 0.3) is 0 Å². The van der Waals surface area contributed by atoms with E-state index in [0.717, 1.165) is 24.0 Å². The number of halogens is 1. The van der Waals surface area contributed by atoms with Crippen molar-refractivity contribution in [1.29, 1.82) is 0 Å². The molecule has 3 aromatic rings. The van der Waals surface area contributed by atoms with Gasteiger partial charge in [0.15, 0.2) is 0 Å². The van der Waals surface area contributed by atoms with Gasteiger partial charge in [0.1, 0.15) is 11.2 Å². The summed E-state index contributed by atoms with van der Waals surface area (Å²) in [5.74, 6) is 0. The zero-order chi connectivity index (χ0) is 13.5. The van der Waals surface area contributed by atoms with Crippen molar-refractivity contribution >= 4 is 43.4 Å². The lowest BCUT2D eigenvalue weighted by Gasteiger charge is -2.11. The second-order valence-electron chi connectivity index (χ2n) is 5.09. The lowest BCUT2D eigenvalue weighted by atomic mass is 9.96. The molecule has 0 aliphatic heterocycles. The number of fused-ring (bicyclic) bond motifs is 3. The molecule has 4 rings (SSSR count). The molecule has 0 saturated heterocycles. The number of hydrogen-bond donors (Lipinski definition) is 0. The smallest absolute Gasteiger partial charge is 0.142 e. The molecule has 0 N–H and O–H groups in total. The first-order chi connectivity index (χ1) is 9.83. The fourth-order valence-electron chi connectivity index (χ4n) is 2.84. The van der Waals surface area contributed by atoms with Crippen molar-refractivity contribution in [2.45, 2.75) is 12.8 Å². The van der Waals surface area contributed by atoms with Crippen molar-refractivity contribution in [2.24, 2.45) is 0 Å². The maximum atomic E-state index is 6.09. The summed E-state index contributed by atoms with van der Waals surface area (Å²) in [6.07, 6.45) is 6.44.